The Balaban J connectivity index is 1.32. The van der Waals surface area contributed by atoms with Crippen LogP contribution in [0.5, 0.6) is 0 Å². The smallest absolute Gasteiger partial charge is 0.317 e. The molecule has 1 aromatic carbocycles. The van der Waals surface area contributed by atoms with Crippen molar-refractivity contribution in [2.45, 2.75) is 43.2 Å². The minimum atomic E-state index is -0.584. The van der Waals surface area contributed by atoms with Gasteiger partial charge in [-0.25, -0.2) is 4.79 Å². The molecular weight excluding hydrogens is 356 g/mol. The lowest BCUT2D eigenvalue weighted by Crippen LogP contribution is -2.80. The number of quaternary nitrogens is 1. The number of likely N-dealkylation sites (N-methyl/N-ethyl adjacent to an activating group) is 1. The number of nitrogens with two attached hydrogens (primary N) is 1. The van der Waals surface area contributed by atoms with Gasteiger partial charge in [-0.2, -0.15) is 0 Å². The van der Waals surface area contributed by atoms with E-state index in [1.807, 2.05) is 23.1 Å². The third-order valence-corrected chi connectivity index (χ3v) is 6.08. The van der Waals surface area contributed by atoms with Crippen LogP contribution in [-0.2, 0) is 9.53 Å². The van der Waals surface area contributed by atoms with E-state index in [-0.39, 0.29) is 17.9 Å². The first-order chi connectivity index (χ1) is 13.5. The number of hydrogen-bond acceptors (Lipinski definition) is 4. The number of amides is 2. The van der Waals surface area contributed by atoms with E-state index in [1.54, 1.807) is 12.4 Å². The zero-order valence-electron chi connectivity index (χ0n) is 16.1. The highest BCUT2D eigenvalue weighted by Crippen LogP contribution is 2.41. The molecule has 0 unspecified atom stereocenters. The van der Waals surface area contributed by atoms with E-state index in [1.165, 1.54) is 5.56 Å². The molecule has 7 heteroatoms. The summed E-state index contributed by atoms with van der Waals surface area (Å²) in [6.45, 7) is 1.11. The van der Waals surface area contributed by atoms with Crippen molar-refractivity contribution in [3.63, 3.8) is 0 Å². The van der Waals surface area contributed by atoms with Crippen LogP contribution in [0.1, 0.15) is 37.2 Å². The third-order valence-electron chi connectivity index (χ3n) is 6.08. The van der Waals surface area contributed by atoms with Crippen molar-refractivity contribution in [1.29, 1.82) is 5.41 Å². The monoisotopic (exact) mass is 383 g/mol. The van der Waals surface area contributed by atoms with Crippen LogP contribution in [0.15, 0.2) is 41.8 Å². The van der Waals surface area contributed by atoms with Gasteiger partial charge in [-0.05, 0) is 12.0 Å². The summed E-state index contributed by atoms with van der Waals surface area (Å²) in [6, 6.07) is 10.4. The summed E-state index contributed by atoms with van der Waals surface area (Å²) in [7, 11) is 1.78. The van der Waals surface area contributed by atoms with Crippen LogP contribution in [-0.4, -0.2) is 54.7 Å². The van der Waals surface area contributed by atoms with Crippen LogP contribution in [0.4, 0.5) is 4.79 Å². The van der Waals surface area contributed by atoms with Gasteiger partial charge in [-0.15, -0.1) is 0 Å². The molecule has 0 aromatic heterocycles. The summed E-state index contributed by atoms with van der Waals surface area (Å²) < 4.78 is 6.06. The Kier molecular flexibility index (Phi) is 4.93. The average Bonchev–Trinajstić information content (AvgIpc) is 3.47. The molecule has 0 radical (unpaired) electrons. The maximum Gasteiger partial charge on any atom is 0.317 e. The average molecular weight is 383 g/mol. The second-order valence-electron chi connectivity index (χ2n) is 7.89. The number of nitrogens with one attached hydrogen (secondary N) is 2. The number of hydrogen-bond donors (Lipinski definition) is 3. The fourth-order valence-electron chi connectivity index (χ4n) is 4.33. The number of allylic oxidation sites excluding steroid dienone is 2. The largest absolute Gasteiger partial charge is 0.479 e. The van der Waals surface area contributed by atoms with Gasteiger partial charge >= 0.3 is 6.03 Å². The number of ketones is 1. The van der Waals surface area contributed by atoms with Crippen LogP contribution in [0.25, 0.3) is 0 Å². The van der Waals surface area contributed by atoms with Crippen molar-refractivity contribution in [2.24, 2.45) is 0 Å². The summed E-state index contributed by atoms with van der Waals surface area (Å²) in [4.78, 5) is 26.9. The van der Waals surface area contributed by atoms with Gasteiger partial charge in [-0.3, -0.25) is 4.79 Å². The fraction of sp³-hybridized carbons (Fsp3) is 0.476. The number of nitrogens with zero attached hydrogens (tertiary/aromatic N) is 1. The number of carbonyl (C=O) groups excluding carboxylic acids is 2. The number of likely N-dealkylation sites (tertiary alicyclic amines) is 1. The number of Topliss-reactive ketones (excluding diaryl/α,β-unsaturated/α-hetero) is 1. The molecule has 148 valence electrons. The Morgan fingerprint density at radius 1 is 1.32 bits per heavy atom. The Hall–Kier alpha value is -2.67. The molecule has 7 nitrogen and oxygen atoms in total. The Morgan fingerprint density at radius 3 is 2.68 bits per heavy atom. The quantitative estimate of drug-likeness (QED) is 0.680. The van der Waals surface area contributed by atoms with Crippen LogP contribution < -0.4 is 10.6 Å². The second-order valence-corrected chi connectivity index (χ2v) is 7.89. The third kappa shape index (κ3) is 3.54. The molecule has 4 N–H and O–H groups in total. The number of benzene rings is 1. The first kappa shape index (κ1) is 18.7. The summed E-state index contributed by atoms with van der Waals surface area (Å²) in [5.74, 6) is 0.777. The van der Waals surface area contributed by atoms with E-state index < -0.39 is 5.60 Å². The van der Waals surface area contributed by atoms with E-state index >= 15 is 0 Å². The fourth-order valence-corrected chi connectivity index (χ4v) is 4.33. The predicted octanol–water partition coefficient (Wildman–Crippen LogP) is 1.13. The zero-order valence-corrected chi connectivity index (χ0v) is 16.1. The summed E-state index contributed by atoms with van der Waals surface area (Å²) >= 11 is 0. The maximum atomic E-state index is 12.6. The standard InChI is InChI=1S/C21H26N4O3/c1-23-19-17(26)12-21(28-18(19)13-22)7-9-25(10-8-21)20(27)24-16-11-15(16)14-5-3-2-4-6-14/h2-6,13,15-16,22-23H,7-12H2,1H3,(H,24,27)/p+1/t15-,16+/m0/s1. The van der Waals surface area contributed by atoms with E-state index in [0.29, 0.717) is 49.7 Å². The number of ether oxygens (including phenoxy) is 1. The van der Waals surface area contributed by atoms with Crippen molar-refractivity contribution in [1.82, 2.24) is 10.2 Å². The molecule has 2 heterocycles. The van der Waals surface area contributed by atoms with Crippen molar-refractivity contribution in [3.8, 4) is 0 Å². The number of piperidine rings is 1. The highest BCUT2D eigenvalue weighted by atomic mass is 16.5. The topological polar surface area (TPSA) is 99.1 Å². The molecule has 0 bridgehead atoms. The van der Waals surface area contributed by atoms with Gasteiger partial charge < -0.3 is 25.7 Å². The highest BCUT2D eigenvalue weighted by molar-refractivity contribution is 5.99. The molecule has 2 amide bonds. The molecular formula is C21H27N4O3+. The van der Waals surface area contributed by atoms with Gasteiger partial charge in [0.05, 0.1) is 19.7 Å². The number of urea groups is 1. The Bertz CT molecular complexity index is 812. The van der Waals surface area contributed by atoms with Gasteiger partial charge in [0, 0.05) is 37.9 Å². The van der Waals surface area contributed by atoms with Crippen molar-refractivity contribution in [2.75, 3.05) is 20.1 Å². The molecule has 1 saturated heterocycles. The first-order valence-electron chi connectivity index (χ1n) is 9.92. The lowest BCUT2D eigenvalue weighted by atomic mass is 9.83. The molecule has 4 rings (SSSR count). The lowest BCUT2D eigenvalue weighted by molar-refractivity contribution is -0.572. The van der Waals surface area contributed by atoms with Gasteiger partial charge in [-0.1, -0.05) is 30.3 Å². The van der Waals surface area contributed by atoms with E-state index in [2.05, 4.69) is 17.4 Å². The van der Waals surface area contributed by atoms with Crippen LogP contribution in [0.2, 0.25) is 0 Å². The van der Waals surface area contributed by atoms with Crippen molar-refractivity contribution < 1.29 is 19.6 Å². The van der Waals surface area contributed by atoms with Gasteiger partial charge in [0.15, 0.2) is 0 Å². The zero-order chi connectivity index (χ0) is 19.7. The molecule has 3 aliphatic rings. The SMILES string of the molecule is C[NH2+]C1=C(C=N)OC2(CCN(C(=O)N[C@@H]3C[C@H]3c3ccccc3)CC2)CC1=O. The molecule has 2 atom stereocenters. The van der Waals surface area contributed by atoms with Crippen molar-refractivity contribution >= 4 is 18.0 Å². The highest BCUT2D eigenvalue weighted by Gasteiger charge is 2.46. The van der Waals surface area contributed by atoms with Gasteiger partial charge in [0.2, 0.25) is 17.2 Å². The minimum absolute atomic E-state index is 0.0221. The number of carbonyl (C=O) groups is 2. The van der Waals surface area contributed by atoms with Gasteiger partial charge in [0.1, 0.15) is 5.60 Å². The number of rotatable bonds is 4. The normalized spacial score (nSPS) is 26.0. The molecule has 1 saturated carbocycles. The Labute approximate surface area is 164 Å². The molecule has 2 aliphatic heterocycles. The Morgan fingerprint density at radius 2 is 2.04 bits per heavy atom. The van der Waals surface area contributed by atoms with Gasteiger partial charge in [0.25, 0.3) is 0 Å². The first-order valence-corrected chi connectivity index (χ1v) is 9.92. The molecule has 28 heavy (non-hydrogen) atoms. The second kappa shape index (κ2) is 7.39. The minimum Gasteiger partial charge on any atom is -0.479 e. The molecule has 1 aliphatic carbocycles. The maximum absolute atomic E-state index is 12.6. The summed E-state index contributed by atoms with van der Waals surface area (Å²) in [6.07, 6.45) is 3.62. The molecule has 1 aromatic rings. The van der Waals surface area contributed by atoms with Crippen molar-refractivity contribution in [3.05, 3.63) is 47.4 Å². The van der Waals surface area contributed by atoms with E-state index in [0.717, 1.165) is 12.6 Å². The van der Waals surface area contributed by atoms with Crippen LogP contribution in [0.3, 0.4) is 0 Å². The summed E-state index contributed by atoms with van der Waals surface area (Å²) in [5, 5.41) is 12.4. The van der Waals surface area contributed by atoms with Crippen LogP contribution in [0, 0.1) is 5.41 Å². The van der Waals surface area contributed by atoms with Crippen LogP contribution >= 0.6 is 0 Å². The lowest BCUT2D eigenvalue weighted by Gasteiger charge is -2.43. The van der Waals surface area contributed by atoms with E-state index in [4.69, 9.17) is 10.1 Å². The summed E-state index contributed by atoms with van der Waals surface area (Å²) in [5.41, 5.74) is 1.18. The van der Waals surface area contributed by atoms with E-state index in [9.17, 15) is 9.59 Å². The molecule has 2 fully saturated rings. The molecule has 1 spiro atoms. The predicted molar refractivity (Wildman–Crippen MR) is 104 cm³/mol.